The quantitative estimate of drug-likeness (QED) is 0.708. The molecule has 0 amide bonds. The number of imidazole rings is 1. The van der Waals surface area contributed by atoms with Crippen molar-refractivity contribution in [3.8, 4) is 5.00 Å². The Hall–Kier alpha value is -1.52. The number of aromatic amines is 1. The van der Waals surface area contributed by atoms with Gasteiger partial charge in [0.1, 0.15) is 5.00 Å². The van der Waals surface area contributed by atoms with E-state index < -0.39 is 0 Å². The van der Waals surface area contributed by atoms with Crippen molar-refractivity contribution >= 4 is 34.0 Å². The molecular weight excluding hydrogens is 244 g/mol. The number of thiophene rings is 1. The van der Waals surface area contributed by atoms with Gasteiger partial charge < -0.3 is 4.98 Å². The Bertz CT molecular complexity index is 696. The van der Waals surface area contributed by atoms with E-state index in [0.717, 1.165) is 10.5 Å². The number of hydrogen-bond acceptors (Lipinski definition) is 2. The topological polar surface area (TPSA) is 37.8 Å². The Morgan fingerprint density at radius 1 is 1.25 bits per heavy atom. The summed E-state index contributed by atoms with van der Waals surface area (Å²) in [4.78, 5) is 14.6. The van der Waals surface area contributed by atoms with Gasteiger partial charge in [0.15, 0.2) is 0 Å². The van der Waals surface area contributed by atoms with Crippen LogP contribution in [0.4, 0.5) is 0 Å². The molecule has 0 saturated carbocycles. The number of nitrogens with one attached hydrogen (secondary N) is 1. The summed E-state index contributed by atoms with van der Waals surface area (Å²) in [6.07, 6.45) is 0. The summed E-state index contributed by atoms with van der Waals surface area (Å²) < 4.78 is 1.63. The van der Waals surface area contributed by atoms with Gasteiger partial charge in [-0.15, -0.1) is 11.3 Å². The van der Waals surface area contributed by atoms with Gasteiger partial charge in [0.25, 0.3) is 0 Å². The molecule has 0 aliphatic heterocycles. The predicted molar refractivity (Wildman–Crippen MR) is 66.8 cm³/mol. The van der Waals surface area contributed by atoms with Crippen LogP contribution in [0.1, 0.15) is 0 Å². The molecule has 3 aromatic rings. The zero-order valence-corrected chi connectivity index (χ0v) is 9.68. The Labute approximate surface area is 99.9 Å². The van der Waals surface area contributed by atoms with E-state index in [1.165, 1.54) is 11.3 Å². The monoisotopic (exact) mass is 250 g/mol. The molecule has 1 aromatic carbocycles. The smallest absolute Gasteiger partial charge is 0.304 e. The maximum atomic E-state index is 11.8. The zero-order valence-electron chi connectivity index (χ0n) is 8.11. The molecule has 0 saturated heterocycles. The number of hydrogen-bond donors (Lipinski definition) is 1. The lowest BCUT2D eigenvalue weighted by atomic mass is 10.3. The minimum absolute atomic E-state index is 0.162. The van der Waals surface area contributed by atoms with Crippen molar-refractivity contribution in [2.24, 2.45) is 0 Å². The Balaban J connectivity index is 2.46. The summed E-state index contributed by atoms with van der Waals surface area (Å²) in [5, 5.41) is 3.38. The molecule has 2 heterocycles. The number of para-hydroxylation sites is 1. The molecule has 2 aromatic heterocycles. The van der Waals surface area contributed by atoms with Crippen LogP contribution in [-0.4, -0.2) is 9.55 Å². The molecule has 3 rings (SSSR count). The van der Waals surface area contributed by atoms with Crippen molar-refractivity contribution in [3.05, 3.63) is 51.2 Å². The fourth-order valence-electron chi connectivity index (χ4n) is 1.71. The summed E-state index contributed by atoms with van der Waals surface area (Å²) in [6.45, 7) is 0. The lowest BCUT2D eigenvalue weighted by Crippen LogP contribution is -2.13. The first-order valence-corrected chi connectivity index (χ1v) is 5.96. The van der Waals surface area contributed by atoms with Gasteiger partial charge >= 0.3 is 5.69 Å². The molecule has 5 heteroatoms. The molecule has 0 fully saturated rings. The highest BCUT2D eigenvalue weighted by atomic mass is 35.5. The summed E-state index contributed by atoms with van der Waals surface area (Å²) in [5.74, 6) is 0. The van der Waals surface area contributed by atoms with E-state index in [-0.39, 0.29) is 5.69 Å². The van der Waals surface area contributed by atoms with Crippen molar-refractivity contribution < 1.29 is 0 Å². The number of rotatable bonds is 1. The minimum Gasteiger partial charge on any atom is -0.304 e. The molecular formula is C11H7ClN2OS. The lowest BCUT2D eigenvalue weighted by Gasteiger charge is -1.98. The van der Waals surface area contributed by atoms with E-state index in [4.69, 9.17) is 11.6 Å². The summed E-state index contributed by atoms with van der Waals surface area (Å²) >= 11 is 7.54. The molecule has 1 N–H and O–H groups in total. The van der Waals surface area contributed by atoms with Crippen LogP contribution in [0.3, 0.4) is 0 Å². The highest BCUT2D eigenvalue weighted by molar-refractivity contribution is 7.12. The van der Waals surface area contributed by atoms with Gasteiger partial charge in [0.2, 0.25) is 0 Å². The fraction of sp³-hybridized carbons (Fsp3) is 0. The summed E-state index contributed by atoms with van der Waals surface area (Å²) in [5.41, 5.74) is 1.33. The minimum atomic E-state index is -0.162. The van der Waals surface area contributed by atoms with Crippen molar-refractivity contribution in [2.75, 3.05) is 0 Å². The number of halogens is 1. The number of benzene rings is 1. The first kappa shape index (κ1) is 9.69. The van der Waals surface area contributed by atoms with Crippen LogP contribution in [0.2, 0.25) is 5.02 Å². The average Bonchev–Trinajstić information content (AvgIpc) is 2.85. The van der Waals surface area contributed by atoms with Gasteiger partial charge in [-0.2, -0.15) is 0 Å². The van der Waals surface area contributed by atoms with Crippen LogP contribution in [0.25, 0.3) is 16.0 Å². The summed E-state index contributed by atoms with van der Waals surface area (Å²) in [7, 11) is 0. The van der Waals surface area contributed by atoms with Gasteiger partial charge in [-0.05, 0) is 29.6 Å². The number of H-pyrrole nitrogens is 1. The second-order valence-electron chi connectivity index (χ2n) is 3.35. The van der Waals surface area contributed by atoms with Crippen LogP contribution in [0.15, 0.2) is 40.5 Å². The molecule has 0 atom stereocenters. The maximum absolute atomic E-state index is 11.8. The van der Waals surface area contributed by atoms with Crippen molar-refractivity contribution in [3.63, 3.8) is 0 Å². The Kier molecular flexibility index (Phi) is 2.12. The standard InChI is InChI=1S/C11H7ClN2OS/c12-7-3-1-4-8-10(7)13-11(15)14(8)9-5-2-6-16-9/h1-6H,(H,13,15). The summed E-state index contributed by atoms with van der Waals surface area (Å²) in [6, 6.07) is 9.29. The second kappa shape index (κ2) is 3.50. The van der Waals surface area contributed by atoms with E-state index in [9.17, 15) is 4.79 Å². The number of fused-ring (bicyclic) bond motifs is 1. The van der Waals surface area contributed by atoms with E-state index in [1.807, 2.05) is 29.6 Å². The lowest BCUT2D eigenvalue weighted by molar-refractivity contribution is 1.04. The second-order valence-corrected chi connectivity index (χ2v) is 4.68. The van der Waals surface area contributed by atoms with Crippen LogP contribution in [0, 0.1) is 0 Å². The van der Waals surface area contributed by atoms with E-state index >= 15 is 0 Å². The van der Waals surface area contributed by atoms with Crippen molar-refractivity contribution in [2.45, 2.75) is 0 Å². The number of nitrogens with zero attached hydrogens (tertiary/aromatic N) is 1. The van der Waals surface area contributed by atoms with E-state index in [0.29, 0.717) is 10.5 Å². The van der Waals surface area contributed by atoms with Crippen LogP contribution >= 0.6 is 22.9 Å². The fourth-order valence-corrected chi connectivity index (χ4v) is 2.67. The molecule has 0 spiro atoms. The average molecular weight is 251 g/mol. The maximum Gasteiger partial charge on any atom is 0.331 e. The van der Waals surface area contributed by atoms with Gasteiger partial charge in [-0.25, -0.2) is 4.79 Å². The third kappa shape index (κ3) is 1.31. The molecule has 0 unspecified atom stereocenters. The molecule has 0 aliphatic carbocycles. The largest absolute Gasteiger partial charge is 0.331 e. The molecule has 16 heavy (non-hydrogen) atoms. The van der Waals surface area contributed by atoms with Crippen molar-refractivity contribution in [1.82, 2.24) is 9.55 Å². The SMILES string of the molecule is O=c1[nH]c2c(Cl)cccc2n1-c1cccs1. The van der Waals surface area contributed by atoms with Crippen LogP contribution in [0.5, 0.6) is 0 Å². The highest BCUT2D eigenvalue weighted by Gasteiger charge is 2.10. The van der Waals surface area contributed by atoms with E-state index in [2.05, 4.69) is 4.98 Å². The normalized spacial score (nSPS) is 11.1. The Morgan fingerprint density at radius 2 is 2.12 bits per heavy atom. The Morgan fingerprint density at radius 3 is 2.88 bits per heavy atom. The van der Waals surface area contributed by atoms with Gasteiger partial charge in [-0.3, -0.25) is 4.57 Å². The first-order chi connectivity index (χ1) is 7.77. The van der Waals surface area contributed by atoms with Crippen LogP contribution < -0.4 is 5.69 Å². The van der Waals surface area contributed by atoms with Gasteiger partial charge in [0.05, 0.1) is 16.1 Å². The third-order valence-electron chi connectivity index (χ3n) is 2.39. The third-order valence-corrected chi connectivity index (χ3v) is 3.56. The molecule has 3 nitrogen and oxygen atoms in total. The number of aromatic nitrogens is 2. The molecule has 0 radical (unpaired) electrons. The van der Waals surface area contributed by atoms with Crippen molar-refractivity contribution in [1.29, 1.82) is 0 Å². The molecule has 0 aliphatic rings. The van der Waals surface area contributed by atoms with Gasteiger partial charge in [-0.1, -0.05) is 17.7 Å². The van der Waals surface area contributed by atoms with Gasteiger partial charge in [0, 0.05) is 0 Å². The zero-order chi connectivity index (χ0) is 11.1. The first-order valence-electron chi connectivity index (χ1n) is 4.70. The van der Waals surface area contributed by atoms with Crippen LogP contribution in [-0.2, 0) is 0 Å². The predicted octanol–water partition coefficient (Wildman–Crippen LogP) is 3.03. The molecule has 0 bridgehead atoms. The highest BCUT2D eigenvalue weighted by Crippen LogP contribution is 2.23. The van der Waals surface area contributed by atoms with E-state index in [1.54, 1.807) is 10.6 Å². The molecule has 80 valence electrons.